The molecule has 69 heavy (non-hydrogen) atoms. The second-order valence-electron chi connectivity index (χ2n) is 20.6. The fraction of sp³-hybridized carbons (Fsp3) is 0.0606. The number of fused-ring (bicyclic) bond motifs is 8. The minimum atomic E-state index is -0.0387. The van der Waals surface area contributed by atoms with Crippen LogP contribution in [0.3, 0.4) is 0 Å². The van der Waals surface area contributed by atoms with Crippen molar-refractivity contribution in [2.24, 2.45) is 0 Å². The Hall–Kier alpha value is -8.40. The monoisotopic (exact) mass is 876 g/mol. The molecular weight excluding hydrogens is 832 g/mol. The van der Waals surface area contributed by atoms with E-state index in [2.05, 4.69) is 249 Å². The van der Waals surface area contributed by atoms with E-state index in [0.29, 0.717) is 0 Å². The summed E-state index contributed by atoms with van der Waals surface area (Å²) in [5.74, 6) is 0. The highest BCUT2D eigenvalue weighted by atomic mass is 15.2. The summed E-state index contributed by atoms with van der Waals surface area (Å²) in [6.07, 6.45) is 0. The first kappa shape index (κ1) is 38.7. The van der Waals surface area contributed by atoms with E-state index in [4.69, 9.17) is 0 Å². The van der Waals surface area contributed by atoms with Gasteiger partial charge in [-0.3, -0.25) is 0 Å². The molecule has 0 N–H and O–H groups in total. The molecule has 0 bridgehead atoms. The molecular formula is C66H45BN2. The normalized spacial score (nSPS) is 13.3. The molecule has 0 amide bonds. The standard InChI is InChI=1S/C66H45BN2/c1-66(2,3)56-27-25-40-22-23-45-32-47(33-46-24-26-55(56)64(40)63(45)46)52-38-61-65-62(39-52)69(54-20-8-5-9-21-54)60-37-51-31-44-17-13-11-15-42(44)29-49(51)35-58(60)67(65)57-34-48-28-41-14-10-12-16-43(41)30-50(48)36-59(57)68(61)53-18-6-4-7-19-53/h4-39H,1-3H3. The van der Waals surface area contributed by atoms with Crippen LogP contribution in [0.4, 0.5) is 34.1 Å². The van der Waals surface area contributed by atoms with Crippen molar-refractivity contribution in [1.29, 1.82) is 0 Å². The Morgan fingerprint density at radius 1 is 0.319 bits per heavy atom. The summed E-state index contributed by atoms with van der Waals surface area (Å²) in [6, 6.07) is 83.1. The summed E-state index contributed by atoms with van der Waals surface area (Å²) in [5, 5.41) is 17.9. The van der Waals surface area contributed by atoms with Crippen molar-refractivity contribution < 1.29 is 0 Å². The minimum absolute atomic E-state index is 0.0302. The van der Waals surface area contributed by atoms with Gasteiger partial charge in [-0.1, -0.05) is 154 Å². The van der Waals surface area contributed by atoms with Crippen molar-refractivity contribution in [3.05, 3.63) is 224 Å². The molecule has 0 saturated carbocycles. The number of hydrogen-bond donors (Lipinski definition) is 0. The second kappa shape index (κ2) is 14.1. The van der Waals surface area contributed by atoms with Crippen LogP contribution in [0.2, 0.25) is 0 Å². The van der Waals surface area contributed by atoms with Gasteiger partial charge in [0.2, 0.25) is 0 Å². The van der Waals surface area contributed by atoms with Gasteiger partial charge >= 0.3 is 0 Å². The first-order valence-corrected chi connectivity index (χ1v) is 24.3. The van der Waals surface area contributed by atoms with Gasteiger partial charge in [-0.05, 0) is 199 Å². The van der Waals surface area contributed by atoms with Crippen LogP contribution in [-0.2, 0) is 5.41 Å². The molecule has 0 saturated heterocycles. The van der Waals surface area contributed by atoms with Crippen molar-refractivity contribution in [3.63, 3.8) is 0 Å². The van der Waals surface area contributed by atoms with Crippen LogP contribution < -0.4 is 26.2 Å². The van der Waals surface area contributed by atoms with Crippen molar-refractivity contribution in [1.82, 2.24) is 0 Å². The summed E-state index contributed by atoms with van der Waals surface area (Å²) in [5.41, 5.74) is 14.9. The van der Waals surface area contributed by atoms with Gasteiger partial charge in [0.15, 0.2) is 0 Å². The molecule has 2 nitrogen and oxygen atoms in total. The number of benzene rings is 13. The van der Waals surface area contributed by atoms with Crippen molar-refractivity contribution in [2.75, 3.05) is 9.80 Å². The van der Waals surface area contributed by atoms with Gasteiger partial charge < -0.3 is 9.80 Å². The lowest BCUT2D eigenvalue weighted by atomic mass is 9.33. The van der Waals surface area contributed by atoms with Crippen molar-refractivity contribution in [2.45, 2.75) is 26.2 Å². The molecule has 2 aliphatic rings. The predicted molar refractivity (Wildman–Crippen MR) is 298 cm³/mol. The Labute approximate surface area is 401 Å². The zero-order valence-corrected chi connectivity index (χ0v) is 38.8. The number of nitrogens with zero attached hydrogens (tertiary/aromatic N) is 2. The maximum atomic E-state index is 2.56. The van der Waals surface area contributed by atoms with E-state index in [-0.39, 0.29) is 12.1 Å². The highest BCUT2D eigenvalue weighted by Gasteiger charge is 2.44. The van der Waals surface area contributed by atoms with Gasteiger partial charge in [0.25, 0.3) is 6.71 Å². The summed E-state index contributed by atoms with van der Waals surface area (Å²) in [6.45, 7) is 6.94. The number of hydrogen-bond acceptors (Lipinski definition) is 2. The van der Waals surface area contributed by atoms with Crippen LogP contribution in [0.1, 0.15) is 26.3 Å². The molecule has 0 radical (unpaired) electrons. The molecule has 15 rings (SSSR count). The quantitative estimate of drug-likeness (QED) is 0.0991. The topological polar surface area (TPSA) is 6.48 Å². The highest BCUT2D eigenvalue weighted by molar-refractivity contribution is 7.00. The fourth-order valence-electron chi connectivity index (χ4n) is 12.4. The molecule has 322 valence electrons. The molecule has 13 aromatic carbocycles. The molecule has 0 spiro atoms. The van der Waals surface area contributed by atoms with E-state index >= 15 is 0 Å². The Kier molecular flexibility index (Phi) is 7.89. The SMILES string of the molecule is CC(C)(C)c1ccc2ccc3cc(-c4cc5c6c(c4)N(c4ccccc4)c4cc7cc8ccccc8cc7cc4B6c4cc6cc7ccccc7cc6cc4N5c4ccccc4)cc4ccc1c2c34. The zero-order chi connectivity index (χ0) is 45.7. The Morgan fingerprint density at radius 3 is 1.23 bits per heavy atom. The third-order valence-corrected chi connectivity index (χ3v) is 15.5. The largest absolute Gasteiger partial charge is 0.311 e. The molecule has 0 aliphatic carbocycles. The van der Waals surface area contributed by atoms with Crippen LogP contribution >= 0.6 is 0 Å². The van der Waals surface area contributed by atoms with Crippen LogP contribution in [0.15, 0.2) is 218 Å². The second-order valence-corrected chi connectivity index (χ2v) is 20.6. The predicted octanol–water partition coefficient (Wildman–Crippen LogP) is 16.2. The van der Waals surface area contributed by atoms with E-state index in [1.165, 1.54) is 131 Å². The third kappa shape index (κ3) is 5.68. The summed E-state index contributed by atoms with van der Waals surface area (Å²) < 4.78 is 0. The van der Waals surface area contributed by atoms with E-state index in [1.807, 2.05) is 0 Å². The number of rotatable bonds is 3. The maximum Gasteiger partial charge on any atom is 0.252 e. The average Bonchev–Trinajstić information content (AvgIpc) is 3.37. The van der Waals surface area contributed by atoms with Gasteiger partial charge in [-0.25, -0.2) is 0 Å². The number of para-hydroxylation sites is 2. The lowest BCUT2D eigenvalue weighted by Gasteiger charge is -2.44. The zero-order valence-electron chi connectivity index (χ0n) is 38.8. The van der Waals surface area contributed by atoms with Gasteiger partial charge in [-0.15, -0.1) is 0 Å². The molecule has 0 unspecified atom stereocenters. The molecule has 0 fully saturated rings. The molecule has 3 heteroatoms. The Balaban J connectivity index is 1.07. The van der Waals surface area contributed by atoms with Crippen molar-refractivity contribution in [3.8, 4) is 11.1 Å². The van der Waals surface area contributed by atoms with E-state index in [1.54, 1.807) is 0 Å². The maximum absolute atomic E-state index is 2.56. The first-order valence-electron chi connectivity index (χ1n) is 24.3. The van der Waals surface area contributed by atoms with Crippen LogP contribution in [-0.4, -0.2) is 6.71 Å². The smallest absolute Gasteiger partial charge is 0.252 e. The minimum Gasteiger partial charge on any atom is -0.311 e. The molecule has 0 aromatic heterocycles. The van der Waals surface area contributed by atoms with Gasteiger partial charge in [-0.2, -0.15) is 0 Å². The Bertz CT molecular complexity index is 4090. The first-order chi connectivity index (χ1) is 33.8. The van der Waals surface area contributed by atoms with Gasteiger partial charge in [0, 0.05) is 34.1 Å². The highest BCUT2D eigenvalue weighted by Crippen LogP contribution is 2.49. The lowest BCUT2D eigenvalue weighted by molar-refractivity contribution is 0.596. The molecule has 2 aliphatic heterocycles. The summed E-state index contributed by atoms with van der Waals surface area (Å²) in [4.78, 5) is 5.12. The molecule has 0 atom stereocenters. The van der Waals surface area contributed by atoms with Crippen molar-refractivity contribution >= 4 is 133 Å². The van der Waals surface area contributed by atoms with Crippen LogP contribution in [0.25, 0.3) is 86.5 Å². The average molecular weight is 877 g/mol. The molecule has 2 heterocycles. The molecule has 13 aromatic rings. The number of anilines is 6. The summed E-state index contributed by atoms with van der Waals surface area (Å²) in [7, 11) is 0. The van der Waals surface area contributed by atoms with Gasteiger partial charge in [0.05, 0.1) is 0 Å². The third-order valence-electron chi connectivity index (χ3n) is 15.5. The van der Waals surface area contributed by atoms with E-state index < -0.39 is 0 Å². The fourth-order valence-corrected chi connectivity index (χ4v) is 12.4. The van der Waals surface area contributed by atoms with Crippen LogP contribution in [0.5, 0.6) is 0 Å². The lowest BCUT2D eigenvalue weighted by Crippen LogP contribution is -2.61. The van der Waals surface area contributed by atoms with E-state index in [9.17, 15) is 0 Å². The van der Waals surface area contributed by atoms with E-state index in [0.717, 1.165) is 11.4 Å². The summed E-state index contributed by atoms with van der Waals surface area (Å²) >= 11 is 0. The Morgan fingerprint density at radius 2 is 0.739 bits per heavy atom. The van der Waals surface area contributed by atoms with Gasteiger partial charge in [0.1, 0.15) is 0 Å². The van der Waals surface area contributed by atoms with Crippen LogP contribution in [0, 0.1) is 0 Å².